The smallest absolute Gasteiger partial charge is 0.0460 e. The quantitative estimate of drug-likeness (QED) is 0.484. The minimum Gasteiger partial charge on any atom is -0.271 e. The van der Waals surface area contributed by atoms with Crippen molar-refractivity contribution < 1.29 is 0 Å². The van der Waals surface area contributed by atoms with E-state index in [4.69, 9.17) is 5.84 Å². The van der Waals surface area contributed by atoms with Gasteiger partial charge in [-0.25, -0.2) is 0 Å². The van der Waals surface area contributed by atoms with Crippen molar-refractivity contribution >= 4 is 0 Å². The zero-order valence-electron chi connectivity index (χ0n) is 11.1. The molecule has 1 unspecified atom stereocenters. The van der Waals surface area contributed by atoms with Gasteiger partial charge in [-0.05, 0) is 37.7 Å². The molecule has 2 rings (SSSR count). The van der Waals surface area contributed by atoms with Gasteiger partial charge >= 0.3 is 0 Å². The zero-order chi connectivity index (χ0) is 12.6. The van der Waals surface area contributed by atoms with E-state index in [0.717, 1.165) is 6.42 Å². The van der Waals surface area contributed by atoms with E-state index >= 15 is 0 Å². The van der Waals surface area contributed by atoms with Crippen molar-refractivity contribution in [1.82, 2.24) is 5.43 Å². The Morgan fingerprint density at radius 2 is 1.83 bits per heavy atom. The Morgan fingerprint density at radius 3 is 2.61 bits per heavy atom. The third-order valence-electron chi connectivity index (χ3n) is 3.76. The number of nitrogens with two attached hydrogens (primary N) is 1. The monoisotopic (exact) mass is 244 g/mol. The third-order valence-corrected chi connectivity index (χ3v) is 3.76. The highest BCUT2D eigenvalue weighted by Gasteiger charge is 2.14. The lowest BCUT2D eigenvalue weighted by Crippen LogP contribution is -2.38. The van der Waals surface area contributed by atoms with Gasteiger partial charge in [-0.3, -0.25) is 11.3 Å². The van der Waals surface area contributed by atoms with E-state index < -0.39 is 0 Å². The molecular formula is C16H24N2. The van der Waals surface area contributed by atoms with Crippen molar-refractivity contribution in [3.05, 3.63) is 47.5 Å². The highest BCUT2D eigenvalue weighted by Crippen LogP contribution is 2.21. The first-order valence-corrected chi connectivity index (χ1v) is 7.09. The molecule has 18 heavy (non-hydrogen) atoms. The first-order valence-electron chi connectivity index (χ1n) is 7.09. The largest absolute Gasteiger partial charge is 0.271 e. The maximum absolute atomic E-state index is 5.75. The van der Waals surface area contributed by atoms with Crippen LogP contribution in [0.15, 0.2) is 42.0 Å². The summed E-state index contributed by atoms with van der Waals surface area (Å²) in [5.41, 5.74) is 5.85. The lowest BCUT2D eigenvalue weighted by molar-refractivity contribution is 0.537. The van der Waals surface area contributed by atoms with Gasteiger partial charge in [0.25, 0.3) is 0 Å². The van der Waals surface area contributed by atoms with Crippen LogP contribution in [0.5, 0.6) is 0 Å². The molecular weight excluding hydrogens is 220 g/mol. The van der Waals surface area contributed by atoms with Crippen LogP contribution >= 0.6 is 0 Å². The summed E-state index contributed by atoms with van der Waals surface area (Å²) in [6.07, 6.45) is 11.2. The molecule has 2 nitrogen and oxygen atoms in total. The van der Waals surface area contributed by atoms with Crippen molar-refractivity contribution in [2.45, 2.75) is 51.0 Å². The Labute approximate surface area is 110 Å². The Bertz CT molecular complexity index is 370. The van der Waals surface area contributed by atoms with Crippen LogP contribution in [0.4, 0.5) is 0 Å². The summed E-state index contributed by atoms with van der Waals surface area (Å²) in [4.78, 5) is 0. The predicted octanol–water partition coefficient (Wildman–Crippen LogP) is 3.34. The molecule has 1 aromatic carbocycles. The van der Waals surface area contributed by atoms with Crippen molar-refractivity contribution in [3.63, 3.8) is 0 Å². The van der Waals surface area contributed by atoms with Gasteiger partial charge in [0.2, 0.25) is 0 Å². The fourth-order valence-corrected chi connectivity index (χ4v) is 2.68. The van der Waals surface area contributed by atoms with E-state index in [1.807, 2.05) is 0 Å². The van der Waals surface area contributed by atoms with Gasteiger partial charge in [-0.15, -0.1) is 0 Å². The maximum Gasteiger partial charge on any atom is 0.0460 e. The fraction of sp³-hybridized carbons (Fsp3) is 0.500. The molecule has 3 N–H and O–H groups in total. The summed E-state index contributed by atoms with van der Waals surface area (Å²) >= 11 is 0. The van der Waals surface area contributed by atoms with E-state index in [1.54, 1.807) is 0 Å². The summed E-state index contributed by atoms with van der Waals surface area (Å²) in [7, 11) is 0. The number of hydrogen-bond acceptors (Lipinski definition) is 2. The molecule has 0 bridgehead atoms. The molecule has 0 aliphatic heterocycles. The Kier molecular flexibility index (Phi) is 5.43. The molecule has 1 aromatic rings. The predicted molar refractivity (Wildman–Crippen MR) is 77.0 cm³/mol. The second-order valence-electron chi connectivity index (χ2n) is 5.14. The van der Waals surface area contributed by atoms with Crippen molar-refractivity contribution in [3.8, 4) is 0 Å². The standard InChI is InChI=1S/C16H24N2/c17-18-16(13-14-9-5-4-6-10-14)15-11-7-2-1-3-8-12-15/h4-6,9-11,16,18H,1-3,7-8,12-13,17H2/b15-11+. The number of rotatable bonds is 4. The van der Waals surface area contributed by atoms with Gasteiger partial charge in [0.15, 0.2) is 0 Å². The maximum atomic E-state index is 5.75. The lowest BCUT2D eigenvalue weighted by Gasteiger charge is -2.21. The summed E-state index contributed by atoms with van der Waals surface area (Å²) in [6.45, 7) is 0. The van der Waals surface area contributed by atoms with Gasteiger partial charge in [0.05, 0.1) is 0 Å². The molecule has 0 saturated carbocycles. The molecule has 0 spiro atoms. The van der Waals surface area contributed by atoms with E-state index in [2.05, 4.69) is 41.8 Å². The molecule has 0 fully saturated rings. The number of hydrazine groups is 1. The topological polar surface area (TPSA) is 38.0 Å². The van der Waals surface area contributed by atoms with Gasteiger partial charge in [0, 0.05) is 6.04 Å². The molecule has 1 aliphatic carbocycles. The number of allylic oxidation sites excluding steroid dienone is 1. The van der Waals surface area contributed by atoms with Crippen LogP contribution in [0.3, 0.4) is 0 Å². The van der Waals surface area contributed by atoms with Crippen LogP contribution in [-0.4, -0.2) is 6.04 Å². The minimum atomic E-state index is 0.297. The second-order valence-corrected chi connectivity index (χ2v) is 5.14. The average molecular weight is 244 g/mol. The number of benzene rings is 1. The van der Waals surface area contributed by atoms with E-state index in [1.165, 1.54) is 49.7 Å². The normalized spacial score (nSPS) is 21.5. The molecule has 0 radical (unpaired) electrons. The van der Waals surface area contributed by atoms with Crippen LogP contribution in [-0.2, 0) is 6.42 Å². The summed E-state index contributed by atoms with van der Waals surface area (Å²) < 4.78 is 0. The summed E-state index contributed by atoms with van der Waals surface area (Å²) in [6, 6.07) is 10.9. The molecule has 1 aliphatic rings. The van der Waals surface area contributed by atoms with Gasteiger partial charge < -0.3 is 0 Å². The van der Waals surface area contributed by atoms with Gasteiger partial charge in [0.1, 0.15) is 0 Å². The third kappa shape index (κ3) is 3.97. The zero-order valence-corrected chi connectivity index (χ0v) is 11.1. The van der Waals surface area contributed by atoms with Gasteiger partial charge in [-0.1, -0.05) is 54.8 Å². The first kappa shape index (κ1) is 13.3. The van der Waals surface area contributed by atoms with Gasteiger partial charge in [-0.2, -0.15) is 0 Å². The average Bonchev–Trinajstić information content (AvgIpc) is 2.37. The van der Waals surface area contributed by atoms with Crippen LogP contribution in [0.25, 0.3) is 0 Å². The summed E-state index contributed by atoms with van der Waals surface area (Å²) in [5.74, 6) is 5.75. The Hall–Kier alpha value is -1.12. The molecule has 0 amide bonds. The van der Waals surface area contributed by atoms with Crippen LogP contribution in [0.1, 0.15) is 44.1 Å². The highest BCUT2D eigenvalue weighted by molar-refractivity contribution is 5.21. The van der Waals surface area contributed by atoms with Crippen molar-refractivity contribution in [2.75, 3.05) is 0 Å². The molecule has 1 atom stereocenters. The molecule has 0 aromatic heterocycles. The highest BCUT2D eigenvalue weighted by atomic mass is 15.2. The molecule has 98 valence electrons. The van der Waals surface area contributed by atoms with Crippen LogP contribution in [0.2, 0.25) is 0 Å². The van der Waals surface area contributed by atoms with E-state index in [0.29, 0.717) is 6.04 Å². The molecule has 0 heterocycles. The fourth-order valence-electron chi connectivity index (χ4n) is 2.68. The summed E-state index contributed by atoms with van der Waals surface area (Å²) in [5, 5.41) is 0. The number of hydrogen-bond donors (Lipinski definition) is 2. The van der Waals surface area contributed by atoms with E-state index in [-0.39, 0.29) is 0 Å². The molecule has 2 heteroatoms. The lowest BCUT2D eigenvalue weighted by atomic mass is 9.92. The Balaban J connectivity index is 2.02. The SMILES string of the molecule is NNC(Cc1ccccc1)/C1=C/CCCCCC1. The molecule has 0 saturated heterocycles. The minimum absolute atomic E-state index is 0.297. The van der Waals surface area contributed by atoms with Crippen LogP contribution < -0.4 is 11.3 Å². The van der Waals surface area contributed by atoms with Crippen LogP contribution in [0, 0.1) is 0 Å². The second kappa shape index (κ2) is 7.34. The number of nitrogens with one attached hydrogen (secondary N) is 1. The van der Waals surface area contributed by atoms with E-state index in [9.17, 15) is 0 Å². The first-order chi connectivity index (χ1) is 8.90. The van der Waals surface area contributed by atoms with Crippen molar-refractivity contribution in [1.29, 1.82) is 0 Å². The Morgan fingerprint density at radius 1 is 1.06 bits per heavy atom. The van der Waals surface area contributed by atoms with Crippen molar-refractivity contribution in [2.24, 2.45) is 5.84 Å².